The van der Waals surface area contributed by atoms with Crippen molar-refractivity contribution in [1.82, 2.24) is 9.78 Å². The second kappa shape index (κ2) is 6.43. The van der Waals surface area contributed by atoms with Crippen molar-refractivity contribution in [3.05, 3.63) is 47.3 Å². The van der Waals surface area contributed by atoms with Gasteiger partial charge in [-0.25, -0.2) is 0 Å². The largest absolute Gasteiger partial charge is 0.481 e. The highest BCUT2D eigenvalue weighted by Crippen LogP contribution is 2.22. The number of hydrogen-bond acceptors (Lipinski definition) is 3. The monoisotopic (exact) mass is 287 g/mol. The van der Waals surface area contributed by atoms with Gasteiger partial charge in [0.15, 0.2) is 0 Å². The molecule has 0 fully saturated rings. The van der Waals surface area contributed by atoms with Crippen molar-refractivity contribution < 1.29 is 9.90 Å². The summed E-state index contributed by atoms with van der Waals surface area (Å²) in [6, 6.07) is 10.1. The average Bonchev–Trinajstić information content (AvgIpc) is 2.73. The van der Waals surface area contributed by atoms with E-state index in [9.17, 15) is 4.79 Å². The lowest BCUT2D eigenvalue weighted by molar-refractivity contribution is -0.136. The number of carboxylic acid groups (broad SMARTS) is 1. The Kier molecular flexibility index (Phi) is 4.62. The molecule has 0 saturated carbocycles. The van der Waals surface area contributed by atoms with Crippen molar-refractivity contribution in [3.63, 3.8) is 0 Å². The Balaban J connectivity index is 2.26. The van der Waals surface area contributed by atoms with Crippen LogP contribution in [0.4, 0.5) is 5.69 Å². The van der Waals surface area contributed by atoms with Gasteiger partial charge >= 0.3 is 5.97 Å². The number of aromatic nitrogens is 2. The van der Waals surface area contributed by atoms with Crippen LogP contribution in [0.15, 0.2) is 30.3 Å². The molecule has 0 aliphatic rings. The fraction of sp³-hybridized carbons (Fsp3) is 0.375. The van der Waals surface area contributed by atoms with Crippen molar-refractivity contribution in [2.45, 2.75) is 26.8 Å². The minimum absolute atomic E-state index is 0.116. The van der Waals surface area contributed by atoms with E-state index in [0.29, 0.717) is 13.1 Å². The molecule has 112 valence electrons. The molecular weight excluding hydrogens is 266 g/mol. The molecule has 1 N–H and O–H groups in total. The molecule has 0 bridgehead atoms. The van der Waals surface area contributed by atoms with E-state index in [-0.39, 0.29) is 6.42 Å². The molecule has 0 saturated heterocycles. The lowest BCUT2D eigenvalue weighted by atomic mass is 10.1. The van der Waals surface area contributed by atoms with E-state index < -0.39 is 5.97 Å². The van der Waals surface area contributed by atoms with Crippen LogP contribution < -0.4 is 4.90 Å². The number of nitrogens with zero attached hydrogens (tertiary/aromatic N) is 3. The summed E-state index contributed by atoms with van der Waals surface area (Å²) in [7, 11) is 1.91. The highest BCUT2D eigenvalue weighted by Gasteiger charge is 2.13. The molecule has 21 heavy (non-hydrogen) atoms. The summed E-state index contributed by atoms with van der Waals surface area (Å²) < 4.78 is 1.85. The maximum atomic E-state index is 10.9. The smallest absolute Gasteiger partial charge is 0.305 e. The fourth-order valence-corrected chi connectivity index (χ4v) is 2.44. The molecule has 2 rings (SSSR count). The van der Waals surface area contributed by atoms with Crippen molar-refractivity contribution >= 4 is 11.7 Å². The number of hydrogen-bond donors (Lipinski definition) is 1. The molecule has 1 aromatic carbocycles. The van der Waals surface area contributed by atoms with E-state index in [4.69, 9.17) is 5.11 Å². The van der Waals surface area contributed by atoms with Crippen LogP contribution in [0.5, 0.6) is 0 Å². The van der Waals surface area contributed by atoms with Crippen LogP contribution in [0.2, 0.25) is 0 Å². The lowest BCUT2D eigenvalue weighted by Gasteiger charge is -2.26. The minimum Gasteiger partial charge on any atom is -0.481 e. The Bertz CT molecular complexity index is 634. The third kappa shape index (κ3) is 3.84. The van der Waals surface area contributed by atoms with Crippen LogP contribution in [0.25, 0.3) is 0 Å². The lowest BCUT2D eigenvalue weighted by Crippen LogP contribution is -2.27. The number of para-hydroxylation sites is 1. The molecule has 5 heteroatoms. The van der Waals surface area contributed by atoms with Crippen LogP contribution in [-0.4, -0.2) is 27.4 Å². The molecule has 0 atom stereocenters. The first-order valence-electron chi connectivity index (χ1n) is 6.99. The molecule has 0 unspecified atom stereocenters. The second-order valence-electron chi connectivity index (χ2n) is 5.25. The zero-order valence-electron chi connectivity index (χ0n) is 12.7. The minimum atomic E-state index is -0.783. The van der Waals surface area contributed by atoms with Gasteiger partial charge in [-0.15, -0.1) is 0 Å². The Hall–Kier alpha value is -2.30. The normalized spacial score (nSPS) is 10.6. The third-order valence-corrected chi connectivity index (χ3v) is 3.50. The number of aliphatic carboxylic acids is 1. The SMILES string of the molecule is Cc1cc(CN(CCC(=O)O)c2ccccc2C)n(C)n1. The molecule has 0 aliphatic carbocycles. The van der Waals surface area contributed by atoms with E-state index in [1.807, 2.05) is 55.9 Å². The Labute approximate surface area is 124 Å². The van der Waals surface area contributed by atoms with E-state index in [1.54, 1.807) is 0 Å². The molecule has 0 spiro atoms. The van der Waals surface area contributed by atoms with Crippen LogP contribution in [-0.2, 0) is 18.4 Å². The summed E-state index contributed by atoms with van der Waals surface area (Å²) >= 11 is 0. The molecule has 1 heterocycles. The maximum absolute atomic E-state index is 10.9. The van der Waals surface area contributed by atoms with Crippen LogP contribution in [0, 0.1) is 13.8 Å². The average molecular weight is 287 g/mol. The molecule has 5 nitrogen and oxygen atoms in total. The summed E-state index contributed by atoms with van der Waals surface area (Å²) in [6.07, 6.45) is 0.116. The van der Waals surface area contributed by atoms with E-state index >= 15 is 0 Å². The summed E-state index contributed by atoms with van der Waals surface area (Å²) in [5.74, 6) is -0.783. The number of benzene rings is 1. The van der Waals surface area contributed by atoms with Gasteiger partial charge in [0, 0.05) is 19.3 Å². The molecule has 0 radical (unpaired) electrons. The van der Waals surface area contributed by atoms with Crippen molar-refractivity contribution in [3.8, 4) is 0 Å². The van der Waals surface area contributed by atoms with Gasteiger partial charge in [0.25, 0.3) is 0 Å². The van der Waals surface area contributed by atoms with Crippen LogP contribution in [0.3, 0.4) is 0 Å². The molecule has 0 aliphatic heterocycles. The zero-order chi connectivity index (χ0) is 15.4. The number of aryl methyl sites for hydroxylation is 3. The first kappa shape index (κ1) is 15.1. The van der Waals surface area contributed by atoms with Crippen molar-refractivity contribution in [2.75, 3.05) is 11.4 Å². The highest BCUT2D eigenvalue weighted by molar-refractivity contribution is 5.68. The predicted octanol–water partition coefficient (Wildman–Crippen LogP) is 2.52. The van der Waals surface area contributed by atoms with Crippen molar-refractivity contribution in [2.24, 2.45) is 7.05 Å². The standard InChI is InChI=1S/C16H21N3O2/c1-12-6-4-5-7-15(12)19(9-8-16(20)21)11-14-10-13(2)17-18(14)3/h4-7,10H,8-9,11H2,1-3H3,(H,20,21). The van der Waals surface area contributed by atoms with E-state index in [1.165, 1.54) is 0 Å². The number of rotatable bonds is 6. The Morgan fingerprint density at radius 3 is 2.62 bits per heavy atom. The predicted molar refractivity (Wildman–Crippen MR) is 82.4 cm³/mol. The van der Waals surface area contributed by atoms with Gasteiger partial charge in [0.05, 0.1) is 24.4 Å². The molecular formula is C16H21N3O2. The number of carboxylic acids is 1. The third-order valence-electron chi connectivity index (χ3n) is 3.50. The molecule has 0 amide bonds. The van der Waals surface area contributed by atoms with Crippen molar-refractivity contribution in [1.29, 1.82) is 0 Å². The summed E-state index contributed by atoms with van der Waals surface area (Å²) in [5.41, 5.74) is 4.25. The van der Waals surface area contributed by atoms with E-state index in [2.05, 4.69) is 10.00 Å². The summed E-state index contributed by atoms with van der Waals surface area (Å²) in [6.45, 7) is 5.12. The van der Waals surface area contributed by atoms with Gasteiger partial charge in [-0.1, -0.05) is 18.2 Å². The van der Waals surface area contributed by atoms with Gasteiger partial charge in [-0.05, 0) is 31.5 Å². The quantitative estimate of drug-likeness (QED) is 0.887. The number of carbonyl (C=O) groups is 1. The molecule has 1 aromatic heterocycles. The van der Waals surface area contributed by atoms with Gasteiger partial charge < -0.3 is 10.0 Å². The topological polar surface area (TPSA) is 58.4 Å². The maximum Gasteiger partial charge on any atom is 0.305 e. The van der Waals surface area contributed by atoms with Gasteiger partial charge in [0.1, 0.15) is 0 Å². The zero-order valence-corrected chi connectivity index (χ0v) is 12.7. The first-order chi connectivity index (χ1) is 9.97. The Morgan fingerprint density at radius 1 is 1.33 bits per heavy atom. The Morgan fingerprint density at radius 2 is 2.05 bits per heavy atom. The second-order valence-corrected chi connectivity index (χ2v) is 5.25. The molecule has 2 aromatic rings. The van der Waals surface area contributed by atoms with Crippen LogP contribution >= 0.6 is 0 Å². The van der Waals surface area contributed by atoms with Crippen LogP contribution in [0.1, 0.15) is 23.4 Å². The first-order valence-corrected chi connectivity index (χ1v) is 6.99. The van der Waals surface area contributed by atoms with E-state index in [0.717, 1.165) is 22.6 Å². The van der Waals surface area contributed by atoms with Gasteiger partial charge in [-0.3, -0.25) is 9.48 Å². The van der Waals surface area contributed by atoms with Gasteiger partial charge in [0.2, 0.25) is 0 Å². The fourth-order valence-electron chi connectivity index (χ4n) is 2.44. The summed E-state index contributed by atoms with van der Waals surface area (Å²) in [5, 5.41) is 13.3. The van der Waals surface area contributed by atoms with Gasteiger partial charge in [-0.2, -0.15) is 5.10 Å². The highest BCUT2D eigenvalue weighted by atomic mass is 16.4. The number of anilines is 1. The summed E-state index contributed by atoms with van der Waals surface area (Å²) in [4.78, 5) is 13.0.